The van der Waals surface area contributed by atoms with Crippen LogP contribution in [0.1, 0.15) is 51.4 Å². The van der Waals surface area contributed by atoms with Gasteiger partial charge < -0.3 is 0 Å². The van der Waals surface area contributed by atoms with E-state index in [9.17, 15) is 8.42 Å². The van der Waals surface area contributed by atoms with Crippen LogP contribution in [-0.4, -0.2) is 54.0 Å². The SMILES string of the molecule is O=S(=O)(O)CCCCCCCCCCS.[NaH]. The fourth-order valence-electron chi connectivity index (χ4n) is 1.46. The predicted molar refractivity (Wildman–Crippen MR) is 74.4 cm³/mol. The second kappa shape index (κ2) is 12.7. The Morgan fingerprint density at radius 1 is 0.812 bits per heavy atom. The number of hydrogen-bond acceptors (Lipinski definition) is 3. The van der Waals surface area contributed by atoms with Crippen molar-refractivity contribution in [2.75, 3.05) is 11.5 Å². The van der Waals surface area contributed by atoms with Crippen LogP contribution in [0.3, 0.4) is 0 Å². The fraction of sp³-hybridized carbons (Fsp3) is 1.00. The van der Waals surface area contributed by atoms with E-state index in [2.05, 4.69) is 12.6 Å². The van der Waals surface area contributed by atoms with Gasteiger partial charge in [0.15, 0.2) is 0 Å². The Balaban J connectivity index is 0. The van der Waals surface area contributed by atoms with Gasteiger partial charge in [0.25, 0.3) is 10.1 Å². The van der Waals surface area contributed by atoms with E-state index in [0.717, 1.165) is 25.0 Å². The van der Waals surface area contributed by atoms with Gasteiger partial charge in [-0.05, 0) is 18.6 Å². The van der Waals surface area contributed by atoms with Crippen LogP contribution < -0.4 is 0 Å². The average Bonchev–Trinajstić information content (AvgIpc) is 2.14. The third-order valence-electron chi connectivity index (χ3n) is 2.31. The molecule has 0 amide bonds. The van der Waals surface area contributed by atoms with E-state index in [1.165, 1.54) is 25.7 Å². The zero-order chi connectivity index (χ0) is 11.6. The van der Waals surface area contributed by atoms with E-state index in [1.807, 2.05) is 0 Å². The summed E-state index contributed by atoms with van der Waals surface area (Å²) in [6, 6.07) is 0. The first kappa shape index (κ1) is 19.6. The third kappa shape index (κ3) is 17.6. The molecule has 0 aromatic heterocycles. The predicted octanol–water partition coefficient (Wildman–Crippen LogP) is 2.28. The second-order valence-corrected chi connectivity index (χ2v) is 5.86. The van der Waals surface area contributed by atoms with Crippen molar-refractivity contribution >= 4 is 52.3 Å². The van der Waals surface area contributed by atoms with Crippen molar-refractivity contribution in [2.24, 2.45) is 0 Å². The summed E-state index contributed by atoms with van der Waals surface area (Å²) < 4.78 is 29.3. The van der Waals surface area contributed by atoms with Crippen molar-refractivity contribution in [3.8, 4) is 0 Å². The first-order chi connectivity index (χ1) is 7.06. The molecule has 94 valence electrons. The summed E-state index contributed by atoms with van der Waals surface area (Å²) in [4.78, 5) is 0. The summed E-state index contributed by atoms with van der Waals surface area (Å²) in [5, 5.41) is 0. The molecular formula is C10H23NaO3S2. The number of hydrogen-bond donors (Lipinski definition) is 2. The molecule has 0 unspecified atom stereocenters. The summed E-state index contributed by atoms with van der Waals surface area (Å²) in [6.07, 6.45) is 8.61. The number of unbranched alkanes of at least 4 members (excludes halogenated alkanes) is 7. The number of thiol groups is 1. The maximum atomic E-state index is 10.4. The molecule has 0 rings (SSSR count). The van der Waals surface area contributed by atoms with Crippen LogP contribution in [0.5, 0.6) is 0 Å². The quantitative estimate of drug-likeness (QED) is 0.279. The Bertz CT molecular complexity index is 230. The second-order valence-electron chi connectivity index (χ2n) is 3.84. The van der Waals surface area contributed by atoms with Gasteiger partial charge in [0.05, 0.1) is 5.75 Å². The van der Waals surface area contributed by atoms with Crippen LogP contribution in [-0.2, 0) is 10.1 Å². The average molecular weight is 278 g/mol. The van der Waals surface area contributed by atoms with E-state index in [0.29, 0.717) is 6.42 Å². The molecule has 0 bridgehead atoms. The molecule has 0 aromatic carbocycles. The molecular weight excluding hydrogens is 255 g/mol. The summed E-state index contributed by atoms with van der Waals surface area (Å²) in [7, 11) is -3.74. The molecule has 0 aromatic rings. The van der Waals surface area contributed by atoms with E-state index < -0.39 is 10.1 Å². The Labute approximate surface area is 127 Å². The topological polar surface area (TPSA) is 54.4 Å². The molecule has 3 nitrogen and oxygen atoms in total. The molecule has 1 N–H and O–H groups in total. The van der Waals surface area contributed by atoms with E-state index in [-0.39, 0.29) is 35.3 Å². The Morgan fingerprint density at radius 2 is 1.19 bits per heavy atom. The molecule has 0 aliphatic rings. The Hall–Kier alpha value is 1.26. The maximum absolute atomic E-state index is 10.4. The van der Waals surface area contributed by atoms with Crippen LogP contribution >= 0.6 is 12.6 Å². The van der Waals surface area contributed by atoms with Crippen molar-refractivity contribution in [3.05, 3.63) is 0 Å². The van der Waals surface area contributed by atoms with Gasteiger partial charge in [-0.2, -0.15) is 21.0 Å². The summed E-state index contributed by atoms with van der Waals surface area (Å²) >= 11 is 4.14. The van der Waals surface area contributed by atoms with Gasteiger partial charge in [-0.25, -0.2) is 0 Å². The monoisotopic (exact) mass is 278 g/mol. The van der Waals surface area contributed by atoms with Crippen LogP contribution in [0.2, 0.25) is 0 Å². The molecule has 0 spiro atoms. The Kier molecular flexibility index (Phi) is 15.6. The number of rotatable bonds is 10. The first-order valence-electron chi connectivity index (χ1n) is 5.62. The molecule has 16 heavy (non-hydrogen) atoms. The van der Waals surface area contributed by atoms with E-state index in [1.54, 1.807) is 0 Å². The summed E-state index contributed by atoms with van der Waals surface area (Å²) in [5.41, 5.74) is 0. The molecule has 6 heteroatoms. The molecule has 0 saturated carbocycles. The third-order valence-corrected chi connectivity index (χ3v) is 3.43. The zero-order valence-electron chi connectivity index (χ0n) is 9.19. The van der Waals surface area contributed by atoms with Crippen molar-refractivity contribution in [1.29, 1.82) is 0 Å². The molecule has 0 aliphatic carbocycles. The van der Waals surface area contributed by atoms with Crippen LogP contribution in [0, 0.1) is 0 Å². The normalized spacial score (nSPS) is 11.1. The standard InChI is InChI=1S/C10H22O3S2.Na.H/c11-15(12,13)10-8-6-4-2-1-3-5-7-9-14;;/h14H,1-10H2,(H,11,12,13);;. The fourth-order valence-corrected chi connectivity index (χ4v) is 2.25. The van der Waals surface area contributed by atoms with Gasteiger partial charge in [-0.15, -0.1) is 0 Å². The van der Waals surface area contributed by atoms with Gasteiger partial charge in [-0.1, -0.05) is 38.5 Å². The van der Waals surface area contributed by atoms with Crippen LogP contribution in [0.4, 0.5) is 0 Å². The summed E-state index contributed by atoms with van der Waals surface area (Å²) in [5.74, 6) is 0.876. The van der Waals surface area contributed by atoms with Crippen LogP contribution in [0.25, 0.3) is 0 Å². The van der Waals surface area contributed by atoms with Crippen molar-refractivity contribution in [3.63, 3.8) is 0 Å². The molecule has 0 atom stereocenters. The minimum absolute atomic E-state index is 0. The van der Waals surface area contributed by atoms with Gasteiger partial charge in [0, 0.05) is 0 Å². The summed E-state index contributed by atoms with van der Waals surface area (Å²) in [6.45, 7) is 0. The first-order valence-corrected chi connectivity index (χ1v) is 7.86. The van der Waals surface area contributed by atoms with Gasteiger partial charge in [-0.3, -0.25) is 4.55 Å². The molecule has 0 radical (unpaired) electrons. The van der Waals surface area contributed by atoms with Crippen molar-refractivity contribution < 1.29 is 13.0 Å². The van der Waals surface area contributed by atoms with Crippen molar-refractivity contribution in [2.45, 2.75) is 51.4 Å². The molecule has 0 heterocycles. The van der Waals surface area contributed by atoms with Crippen molar-refractivity contribution in [1.82, 2.24) is 0 Å². The van der Waals surface area contributed by atoms with Crippen LogP contribution in [0.15, 0.2) is 0 Å². The molecule has 0 aliphatic heterocycles. The van der Waals surface area contributed by atoms with E-state index in [4.69, 9.17) is 4.55 Å². The zero-order valence-corrected chi connectivity index (χ0v) is 10.9. The van der Waals surface area contributed by atoms with Gasteiger partial charge in [0.1, 0.15) is 0 Å². The minimum atomic E-state index is -3.74. The molecule has 0 fully saturated rings. The van der Waals surface area contributed by atoms with E-state index >= 15 is 0 Å². The Morgan fingerprint density at radius 3 is 1.56 bits per heavy atom. The van der Waals surface area contributed by atoms with Gasteiger partial charge in [0.2, 0.25) is 0 Å². The molecule has 0 saturated heterocycles. The van der Waals surface area contributed by atoms with Gasteiger partial charge >= 0.3 is 29.6 Å².